The minimum atomic E-state index is -3.92. The van der Waals surface area contributed by atoms with E-state index in [9.17, 15) is 13.2 Å². The smallest absolute Gasteiger partial charge is 0.262 e. The fourth-order valence-electron chi connectivity index (χ4n) is 3.94. The van der Waals surface area contributed by atoms with Crippen molar-refractivity contribution in [3.63, 3.8) is 0 Å². The van der Waals surface area contributed by atoms with Gasteiger partial charge in [-0.25, -0.2) is 8.42 Å². The minimum Gasteiger partial charge on any atom is -0.495 e. The minimum absolute atomic E-state index is 0.0715. The van der Waals surface area contributed by atoms with Gasteiger partial charge in [0.25, 0.3) is 15.9 Å². The zero-order valence-corrected chi connectivity index (χ0v) is 19.5. The van der Waals surface area contributed by atoms with Gasteiger partial charge in [-0.05, 0) is 48.9 Å². The third-order valence-electron chi connectivity index (χ3n) is 5.76. The Morgan fingerprint density at radius 1 is 0.909 bits per heavy atom. The molecule has 7 nitrogen and oxygen atoms in total. The largest absolute Gasteiger partial charge is 0.495 e. The maximum absolute atomic E-state index is 13.2. The molecule has 3 aromatic rings. The van der Waals surface area contributed by atoms with E-state index in [-0.39, 0.29) is 10.8 Å². The zero-order valence-electron chi connectivity index (χ0n) is 18.7. The fourth-order valence-corrected chi connectivity index (χ4v) is 5.28. The molecule has 1 N–H and O–H groups in total. The Labute approximate surface area is 194 Å². The number of nitrogens with one attached hydrogen (secondary N) is 1. The monoisotopic (exact) mass is 465 g/mol. The van der Waals surface area contributed by atoms with Crippen LogP contribution in [0.25, 0.3) is 0 Å². The van der Waals surface area contributed by atoms with Gasteiger partial charge in [-0.2, -0.15) is 0 Å². The van der Waals surface area contributed by atoms with Gasteiger partial charge in [-0.1, -0.05) is 36.4 Å². The van der Waals surface area contributed by atoms with Crippen LogP contribution < -0.4 is 14.4 Å². The molecule has 1 aliphatic heterocycles. The Morgan fingerprint density at radius 3 is 2.27 bits per heavy atom. The number of carbonyl (C=O) groups is 1. The summed E-state index contributed by atoms with van der Waals surface area (Å²) < 4.78 is 34.1. The van der Waals surface area contributed by atoms with E-state index in [4.69, 9.17) is 4.74 Å². The van der Waals surface area contributed by atoms with Crippen molar-refractivity contribution in [2.75, 3.05) is 42.9 Å². The van der Waals surface area contributed by atoms with E-state index in [1.165, 1.54) is 13.2 Å². The molecule has 0 bridgehead atoms. The van der Waals surface area contributed by atoms with Gasteiger partial charge in [-0.15, -0.1) is 0 Å². The topological polar surface area (TPSA) is 78.9 Å². The van der Waals surface area contributed by atoms with Crippen LogP contribution in [0.15, 0.2) is 77.7 Å². The summed E-state index contributed by atoms with van der Waals surface area (Å²) in [6.45, 7) is 4.31. The first-order valence-corrected chi connectivity index (χ1v) is 12.2. The van der Waals surface area contributed by atoms with Gasteiger partial charge in [0, 0.05) is 37.4 Å². The molecule has 0 radical (unpaired) electrons. The molecular formula is C25H27N3O4S. The second-order valence-electron chi connectivity index (χ2n) is 7.90. The van der Waals surface area contributed by atoms with Crippen molar-refractivity contribution in [2.24, 2.45) is 0 Å². The summed E-state index contributed by atoms with van der Waals surface area (Å²) in [6.07, 6.45) is 0. The number of methoxy groups -OCH3 is 1. The number of sulfonamides is 1. The molecule has 0 saturated carbocycles. The molecular weight excluding hydrogens is 438 g/mol. The summed E-state index contributed by atoms with van der Waals surface area (Å²) >= 11 is 0. The van der Waals surface area contributed by atoms with Crippen molar-refractivity contribution in [1.82, 2.24) is 4.90 Å². The lowest BCUT2D eigenvalue weighted by Crippen LogP contribution is -2.48. The number of para-hydroxylation sites is 3. The molecule has 0 atom stereocenters. The SMILES string of the molecule is COc1ccccc1NS(=O)(=O)c1cc(C(=O)N2CCN(c3ccccc3)CC2)ccc1C. The van der Waals surface area contributed by atoms with E-state index in [1.54, 1.807) is 48.2 Å². The van der Waals surface area contributed by atoms with Gasteiger partial charge < -0.3 is 14.5 Å². The first-order valence-electron chi connectivity index (χ1n) is 10.7. The average Bonchev–Trinajstić information content (AvgIpc) is 2.84. The second-order valence-corrected chi connectivity index (χ2v) is 9.55. The van der Waals surface area contributed by atoms with Crippen LogP contribution in [0.4, 0.5) is 11.4 Å². The number of anilines is 2. The summed E-state index contributed by atoms with van der Waals surface area (Å²) in [5.74, 6) is 0.249. The van der Waals surface area contributed by atoms with E-state index in [1.807, 2.05) is 18.2 Å². The lowest BCUT2D eigenvalue weighted by molar-refractivity contribution is 0.0746. The van der Waals surface area contributed by atoms with Gasteiger partial charge >= 0.3 is 0 Å². The molecule has 172 valence electrons. The van der Waals surface area contributed by atoms with Crippen LogP contribution in [-0.2, 0) is 10.0 Å². The maximum Gasteiger partial charge on any atom is 0.262 e. The number of carbonyl (C=O) groups excluding carboxylic acids is 1. The Balaban J connectivity index is 1.51. The molecule has 0 aliphatic carbocycles. The number of piperazine rings is 1. The van der Waals surface area contributed by atoms with Gasteiger partial charge in [0.2, 0.25) is 0 Å². The molecule has 1 fully saturated rings. The lowest BCUT2D eigenvalue weighted by Gasteiger charge is -2.36. The van der Waals surface area contributed by atoms with Crippen LogP contribution in [0.2, 0.25) is 0 Å². The molecule has 1 saturated heterocycles. The summed E-state index contributed by atoms with van der Waals surface area (Å²) in [4.78, 5) is 17.2. The first kappa shape index (κ1) is 22.7. The molecule has 1 aliphatic rings. The highest BCUT2D eigenvalue weighted by Crippen LogP contribution is 2.28. The number of ether oxygens (including phenoxy) is 1. The van der Waals surface area contributed by atoms with Crippen molar-refractivity contribution in [3.8, 4) is 5.75 Å². The number of nitrogens with zero attached hydrogens (tertiary/aromatic N) is 2. The average molecular weight is 466 g/mol. The number of rotatable bonds is 6. The molecule has 33 heavy (non-hydrogen) atoms. The third-order valence-corrected chi connectivity index (χ3v) is 7.27. The highest BCUT2D eigenvalue weighted by atomic mass is 32.2. The highest BCUT2D eigenvalue weighted by Gasteiger charge is 2.25. The van der Waals surface area contributed by atoms with E-state index in [0.29, 0.717) is 35.7 Å². The summed E-state index contributed by atoms with van der Waals surface area (Å²) in [6, 6.07) is 21.7. The van der Waals surface area contributed by atoms with E-state index >= 15 is 0 Å². The maximum atomic E-state index is 13.2. The predicted molar refractivity (Wildman–Crippen MR) is 130 cm³/mol. The van der Waals surface area contributed by atoms with Crippen LogP contribution in [0.3, 0.4) is 0 Å². The quantitative estimate of drug-likeness (QED) is 0.600. The van der Waals surface area contributed by atoms with Gasteiger partial charge in [0.1, 0.15) is 5.75 Å². The second kappa shape index (κ2) is 9.54. The predicted octanol–water partition coefficient (Wildman–Crippen LogP) is 3.77. The Kier molecular flexibility index (Phi) is 6.55. The first-order chi connectivity index (χ1) is 15.9. The third kappa shape index (κ3) is 4.96. The van der Waals surface area contributed by atoms with Crippen molar-refractivity contribution in [1.29, 1.82) is 0 Å². The van der Waals surface area contributed by atoms with Crippen LogP contribution in [0, 0.1) is 6.92 Å². The van der Waals surface area contributed by atoms with Crippen molar-refractivity contribution in [2.45, 2.75) is 11.8 Å². The van der Waals surface area contributed by atoms with Crippen LogP contribution in [0.1, 0.15) is 15.9 Å². The Bertz CT molecular complexity index is 1240. The molecule has 0 spiro atoms. The number of hydrogen-bond acceptors (Lipinski definition) is 5. The summed E-state index contributed by atoms with van der Waals surface area (Å²) in [7, 11) is -2.44. The molecule has 1 amide bonds. The number of benzene rings is 3. The Morgan fingerprint density at radius 2 is 1.58 bits per heavy atom. The molecule has 4 rings (SSSR count). The van der Waals surface area contributed by atoms with Gasteiger partial charge in [0.05, 0.1) is 17.7 Å². The van der Waals surface area contributed by atoms with Crippen molar-refractivity contribution in [3.05, 3.63) is 83.9 Å². The summed E-state index contributed by atoms with van der Waals surface area (Å²) in [5.41, 5.74) is 2.39. The van der Waals surface area contributed by atoms with Crippen LogP contribution in [0.5, 0.6) is 5.75 Å². The van der Waals surface area contributed by atoms with E-state index in [2.05, 4.69) is 21.8 Å². The van der Waals surface area contributed by atoms with Crippen molar-refractivity contribution < 1.29 is 17.9 Å². The van der Waals surface area contributed by atoms with Gasteiger partial charge in [-0.3, -0.25) is 9.52 Å². The number of amides is 1. The van der Waals surface area contributed by atoms with Crippen LogP contribution in [-0.4, -0.2) is 52.5 Å². The standard InChI is InChI=1S/C25H27N3O4S/c1-19-12-13-20(18-24(19)33(30,31)26-22-10-6-7-11-23(22)32-2)25(29)28-16-14-27(15-17-28)21-8-4-3-5-9-21/h3-13,18,26H,14-17H2,1-2H3. The number of aryl methyl sites for hydroxylation is 1. The Hall–Kier alpha value is -3.52. The van der Waals surface area contributed by atoms with E-state index in [0.717, 1.165) is 18.8 Å². The molecule has 8 heteroatoms. The number of hydrogen-bond donors (Lipinski definition) is 1. The summed E-state index contributed by atoms with van der Waals surface area (Å²) in [5, 5.41) is 0. The van der Waals surface area contributed by atoms with Crippen LogP contribution >= 0.6 is 0 Å². The highest BCUT2D eigenvalue weighted by molar-refractivity contribution is 7.92. The van der Waals surface area contributed by atoms with Gasteiger partial charge in [0.15, 0.2) is 0 Å². The molecule has 0 aromatic heterocycles. The molecule has 0 unspecified atom stereocenters. The normalized spacial score (nSPS) is 14.1. The molecule has 3 aromatic carbocycles. The van der Waals surface area contributed by atoms with Crippen molar-refractivity contribution >= 4 is 27.3 Å². The lowest BCUT2D eigenvalue weighted by atomic mass is 10.1. The fraction of sp³-hybridized carbons (Fsp3) is 0.240. The zero-order chi connectivity index (χ0) is 23.4. The van der Waals surface area contributed by atoms with E-state index < -0.39 is 10.0 Å². The molecule has 1 heterocycles.